The lowest BCUT2D eigenvalue weighted by molar-refractivity contribution is 0.619. The molecule has 0 bridgehead atoms. The molecule has 0 radical (unpaired) electrons. The molecule has 4 nitrogen and oxygen atoms in total. The Balaban J connectivity index is 0.952. The summed E-state index contributed by atoms with van der Waals surface area (Å²) < 4.78 is 15.2. The summed E-state index contributed by atoms with van der Waals surface area (Å²) in [4.78, 5) is 7.34. The summed E-state index contributed by atoms with van der Waals surface area (Å²) in [5, 5.41) is 4.59. The third-order valence-corrected chi connectivity index (χ3v) is 12.8. The number of aromatic nitrogens is 1. The van der Waals surface area contributed by atoms with Gasteiger partial charge in [-0.1, -0.05) is 133 Å². The molecule has 3 aromatic heterocycles. The number of hydrogen-bond acceptors (Lipinski definition) is 5. The predicted octanol–water partition coefficient (Wildman–Crippen LogP) is 16.2. The molecule has 0 aliphatic rings. The molecule has 0 saturated carbocycles. The van der Waals surface area contributed by atoms with Gasteiger partial charge in [-0.25, -0.2) is 4.98 Å². The molecule has 282 valence electrons. The SMILES string of the molecule is c1ccc(-c2nc3c(ccc4oc5ccc(-c6ccc(N(c7ccc(-c8cccc9c8sc8ccccc89)cc7)c7ccccc7-c7ccccc7)cc6)cc5c43)o2)cc1. The van der Waals surface area contributed by atoms with Crippen LogP contribution in [0, 0.1) is 0 Å². The van der Waals surface area contributed by atoms with Gasteiger partial charge in [0.25, 0.3) is 0 Å². The number of nitrogens with zero attached hydrogens (tertiary/aromatic N) is 2. The van der Waals surface area contributed by atoms with Crippen LogP contribution in [0.2, 0.25) is 0 Å². The summed E-state index contributed by atoms with van der Waals surface area (Å²) in [6, 6.07) is 72.9. The van der Waals surface area contributed by atoms with Gasteiger partial charge in [0.1, 0.15) is 16.7 Å². The first-order valence-corrected chi connectivity index (χ1v) is 20.9. The van der Waals surface area contributed by atoms with Gasteiger partial charge in [-0.05, 0) is 101 Å². The van der Waals surface area contributed by atoms with Crippen LogP contribution < -0.4 is 4.90 Å². The molecule has 0 atom stereocenters. The zero-order chi connectivity index (χ0) is 39.6. The second-order valence-electron chi connectivity index (χ2n) is 15.1. The van der Waals surface area contributed by atoms with Crippen molar-refractivity contribution in [3.05, 3.63) is 206 Å². The number of para-hydroxylation sites is 1. The number of thiophene rings is 1. The van der Waals surface area contributed by atoms with Crippen LogP contribution in [0.15, 0.2) is 215 Å². The van der Waals surface area contributed by atoms with Gasteiger partial charge in [0.2, 0.25) is 5.89 Å². The van der Waals surface area contributed by atoms with Crippen molar-refractivity contribution in [1.29, 1.82) is 0 Å². The summed E-state index contributed by atoms with van der Waals surface area (Å²) in [7, 11) is 0. The third kappa shape index (κ3) is 5.70. The van der Waals surface area contributed by atoms with Gasteiger partial charge in [-0.2, -0.15) is 0 Å². The van der Waals surface area contributed by atoms with E-state index in [0.717, 1.165) is 72.4 Å². The van der Waals surface area contributed by atoms with Gasteiger partial charge < -0.3 is 13.7 Å². The zero-order valence-corrected chi connectivity index (χ0v) is 33.1. The number of anilines is 3. The standard InChI is InChI=1S/C55H34N2O2S/c1-3-12-36(13-4-1)42-16-7-9-20-47(42)57(41-29-24-37(25-30-41)43-18-11-19-45-44-17-8-10-21-51(44)60-54(43)45)40-27-22-35(23-28-40)39-26-31-48-46(34-39)52-49(58-48)32-33-50-53(52)56-55(59-50)38-14-5-2-6-15-38/h1-34H. The van der Waals surface area contributed by atoms with E-state index < -0.39 is 0 Å². The quantitative estimate of drug-likeness (QED) is 0.161. The molecule has 60 heavy (non-hydrogen) atoms. The highest BCUT2D eigenvalue weighted by molar-refractivity contribution is 7.26. The number of rotatable bonds is 7. The molecule has 0 unspecified atom stereocenters. The Morgan fingerprint density at radius 3 is 1.80 bits per heavy atom. The van der Waals surface area contributed by atoms with E-state index in [1.54, 1.807) is 0 Å². The molecule has 0 aliphatic heterocycles. The fraction of sp³-hybridized carbons (Fsp3) is 0. The molecule has 0 fully saturated rings. The molecular formula is C55H34N2O2S. The van der Waals surface area contributed by atoms with Gasteiger partial charge in [-0.15, -0.1) is 11.3 Å². The van der Waals surface area contributed by atoms with Crippen LogP contribution in [-0.2, 0) is 0 Å². The summed E-state index contributed by atoms with van der Waals surface area (Å²) in [5.41, 5.74) is 14.3. The number of benzene rings is 9. The van der Waals surface area contributed by atoms with E-state index in [1.165, 1.54) is 36.9 Å². The van der Waals surface area contributed by atoms with Crippen molar-refractivity contribution in [2.45, 2.75) is 0 Å². The van der Waals surface area contributed by atoms with Gasteiger partial charge >= 0.3 is 0 Å². The molecule has 0 N–H and O–H groups in total. The minimum Gasteiger partial charge on any atom is -0.456 e. The number of oxazole rings is 1. The monoisotopic (exact) mass is 786 g/mol. The highest BCUT2D eigenvalue weighted by Gasteiger charge is 2.20. The van der Waals surface area contributed by atoms with E-state index in [2.05, 4.69) is 169 Å². The van der Waals surface area contributed by atoms with Crippen molar-refractivity contribution in [2.75, 3.05) is 4.90 Å². The first kappa shape index (κ1) is 34.3. The van der Waals surface area contributed by atoms with Crippen molar-refractivity contribution in [1.82, 2.24) is 4.98 Å². The van der Waals surface area contributed by atoms with Crippen LogP contribution in [0.1, 0.15) is 0 Å². The third-order valence-electron chi connectivity index (χ3n) is 11.5. The second kappa shape index (κ2) is 14.0. The van der Waals surface area contributed by atoms with Crippen LogP contribution in [0.5, 0.6) is 0 Å². The topological polar surface area (TPSA) is 42.4 Å². The van der Waals surface area contributed by atoms with Crippen LogP contribution >= 0.6 is 11.3 Å². The zero-order valence-electron chi connectivity index (χ0n) is 32.2. The van der Waals surface area contributed by atoms with E-state index >= 15 is 0 Å². The molecule has 0 aliphatic carbocycles. The number of furan rings is 1. The van der Waals surface area contributed by atoms with E-state index in [0.29, 0.717) is 5.89 Å². The van der Waals surface area contributed by atoms with E-state index in [1.807, 2.05) is 53.8 Å². The van der Waals surface area contributed by atoms with Crippen LogP contribution in [0.4, 0.5) is 17.1 Å². The number of hydrogen-bond donors (Lipinski definition) is 0. The average Bonchev–Trinajstić information content (AvgIpc) is 4.04. The molecule has 0 spiro atoms. The molecule has 0 saturated heterocycles. The van der Waals surface area contributed by atoms with Gasteiger partial charge in [-0.3, -0.25) is 0 Å². The lowest BCUT2D eigenvalue weighted by atomic mass is 9.99. The van der Waals surface area contributed by atoms with Crippen LogP contribution in [-0.4, -0.2) is 4.98 Å². The Labute approximate surface area is 349 Å². The fourth-order valence-corrected chi connectivity index (χ4v) is 9.90. The molecule has 5 heteroatoms. The average molecular weight is 787 g/mol. The minimum atomic E-state index is 0.598. The Morgan fingerprint density at radius 1 is 0.400 bits per heavy atom. The maximum absolute atomic E-state index is 6.35. The Kier molecular flexibility index (Phi) is 8.00. The van der Waals surface area contributed by atoms with Crippen molar-refractivity contribution >= 4 is 81.6 Å². The summed E-state index contributed by atoms with van der Waals surface area (Å²) in [6.07, 6.45) is 0. The summed E-state index contributed by atoms with van der Waals surface area (Å²) >= 11 is 1.87. The van der Waals surface area contributed by atoms with E-state index in [4.69, 9.17) is 13.8 Å². The smallest absolute Gasteiger partial charge is 0.227 e. The molecule has 9 aromatic carbocycles. The highest BCUT2D eigenvalue weighted by Crippen LogP contribution is 2.44. The molecule has 12 aromatic rings. The van der Waals surface area contributed by atoms with E-state index in [-0.39, 0.29) is 0 Å². The van der Waals surface area contributed by atoms with Crippen molar-refractivity contribution in [3.63, 3.8) is 0 Å². The van der Waals surface area contributed by atoms with Crippen molar-refractivity contribution < 1.29 is 8.83 Å². The van der Waals surface area contributed by atoms with Crippen molar-refractivity contribution in [2.24, 2.45) is 0 Å². The fourth-order valence-electron chi connectivity index (χ4n) is 8.66. The first-order valence-electron chi connectivity index (χ1n) is 20.1. The predicted molar refractivity (Wildman–Crippen MR) is 251 cm³/mol. The minimum absolute atomic E-state index is 0.598. The van der Waals surface area contributed by atoms with Crippen molar-refractivity contribution in [3.8, 4) is 44.8 Å². The van der Waals surface area contributed by atoms with E-state index in [9.17, 15) is 0 Å². The maximum atomic E-state index is 6.35. The lowest BCUT2D eigenvalue weighted by Gasteiger charge is -2.28. The summed E-state index contributed by atoms with van der Waals surface area (Å²) in [5.74, 6) is 0.598. The Morgan fingerprint density at radius 2 is 1.00 bits per heavy atom. The second-order valence-corrected chi connectivity index (χ2v) is 16.1. The first-order chi connectivity index (χ1) is 29.7. The molecule has 12 rings (SSSR count). The Bertz CT molecular complexity index is 3530. The normalized spacial score (nSPS) is 11.7. The van der Waals surface area contributed by atoms with Crippen LogP contribution in [0.3, 0.4) is 0 Å². The maximum Gasteiger partial charge on any atom is 0.227 e. The number of fused-ring (bicyclic) bond motifs is 8. The lowest BCUT2D eigenvalue weighted by Crippen LogP contribution is -2.11. The molecule has 0 amide bonds. The highest BCUT2D eigenvalue weighted by atomic mass is 32.1. The molecule has 3 heterocycles. The largest absolute Gasteiger partial charge is 0.456 e. The summed E-state index contributed by atoms with van der Waals surface area (Å²) in [6.45, 7) is 0. The Hall–Kier alpha value is -7.73. The van der Waals surface area contributed by atoms with Gasteiger partial charge in [0.05, 0.1) is 11.1 Å². The van der Waals surface area contributed by atoms with Crippen LogP contribution in [0.25, 0.3) is 98.0 Å². The van der Waals surface area contributed by atoms with Gasteiger partial charge in [0, 0.05) is 48.1 Å². The van der Waals surface area contributed by atoms with Gasteiger partial charge in [0.15, 0.2) is 5.58 Å². The molecular weight excluding hydrogens is 753 g/mol.